The predicted molar refractivity (Wildman–Crippen MR) is 205 cm³/mol. The highest BCUT2D eigenvalue weighted by Gasteiger charge is 2.17. The number of sulfone groups is 3. The van der Waals surface area contributed by atoms with Gasteiger partial charge in [0.05, 0.1) is 34.5 Å². The van der Waals surface area contributed by atoms with Gasteiger partial charge in [-0.15, -0.1) is 0 Å². The van der Waals surface area contributed by atoms with Gasteiger partial charge in [0.2, 0.25) is 0 Å². The quantitative estimate of drug-likeness (QED) is 0.156. The Hall–Kier alpha value is -4.83. The average Bonchev–Trinajstić information content (AvgIpc) is 3.09. The van der Waals surface area contributed by atoms with Crippen molar-refractivity contribution in [1.29, 1.82) is 0 Å². The van der Waals surface area contributed by atoms with Crippen LogP contribution in [0.1, 0.15) is 33.4 Å². The van der Waals surface area contributed by atoms with Crippen molar-refractivity contribution in [2.45, 2.75) is 34.5 Å². The lowest BCUT2D eigenvalue weighted by molar-refractivity contribution is 0.592. The minimum atomic E-state index is -3.45. The summed E-state index contributed by atoms with van der Waals surface area (Å²) in [7, 11) is -10.3. The third-order valence-corrected chi connectivity index (χ3v) is 13.7. The van der Waals surface area contributed by atoms with E-state index in [0.29, 0.717) is 33.4 Å². The second kappa shape index (κ2) is 14.1. The minimum Gasteiger partial charge on any atom is -0.228 e. The van der Waals surface area contributed by atoms with E-state index in [9.17, 15) is 25.3 Å². The fourth-order valence-electron chi connectivity index (χ4n) is 6.44. The fourth-order valence-corrected chi connectivity index (χ4v) is 10.9. The van der Waals surface area contributed by atoms with Crippen molar-refractivity contribution in [2.75, 3.05) is 0 Å². The monoisotopic (exact) mass is 732 g/mol. The lowest BCUT2D eigenvalue weighted by Gasteiger charge is -2.09. The Morgan fingerprint density at radius 3 is 0.451 bits per heavy atom. The standard InChI is InChI=1S/C42H36O6S3/c43-49(44)25-31-1-13-37(14-2-31)38-15-3-33(4-16-38)27-50(45,46)28-34-9-21-41(22-10-34)42-23-11-36(12-24-42)30-51(47,48)29-35-7-19-40(20-8-35)39-17-5-32(26-49)6-18-39/h1-24H,25-30H2. The summed E-state index contributed by atoms with van der Waals surface area (Å²) in [6.07, 6.45) is 0. The molecular weight excluding hydrogens is 697 g/mol. The van der Waals surface area contributed by atoms with Crippen molar-refractivity contribution in [3.63, 3.8) is 0 Å². The Morgan fingerprint density at radius 2 is 0.333 bits per heavy atom. The van der Waals surface area contributed by atoms with Crippen molar-refractivity contribution in [3.05, 3.63) is 179 Å². The molecule has 0 fully saturated rings. The van der Waals surface area contributed by atoms with Crippen molar-refractivity contribution in [1.82, 2.24) is 0 Å². The molecule has 10 aliphatic rings. The van der Waals surface area contributed by atoms with Crippen molar-refractivity contribution in [2.24, 2.45) is 0 Å². The average molecular weight is 733 g/mol. The third-order valence-electron chi connectivity index (χ3n) is 9.04. The van der Waals surface area contributed by atoms with Gasteiger partial charge >= 0.3 is 0 Å². The molecule has 12 bridgehead atoms. The van der Waals surface area contributed by atoms with Gasteiger partial charge in [-0.2, -0.15) is 0 Å². The van der Waals surface area contributed by atoms with Gasteiger partial charge in [-0.05, 0) is 66.8 Å². The van der Waals surface area contributed by atoms with Crippen LogP contribution in [-0.4, -0.2) is 25.3 Å². The smallest absolute Gasteiger partial charge is 0.158 e. The second-order valence-corrected chi connectivity index (χ2v) is 19.5. The molecule has 0 saturated carbocycles. The van der Waals surface area contributed by atoms with Crippen molar-refractivity contribution in [3.8, 4) is 33.4 Å². The molecule has 0 aromatic heterocycles. The van der Waals surface area contributed by atoms with E-state index in [4.69, 9.17) is 0 Å². The Balaban J connectivity index is 1.16. The van der Waals surface area contributed by atoms with Gasteiger partial charge in [-0.25, -0.2) is 25.3 Å². The van der Waals surface area contributed by atoms with Crippen LogP contribution >= 0.6 is 0 Å². The molecule has 0 aliphatic carbocycles. The number of benzene rings is 6. The summed E-state index contributed by atoms with van der Waals surface area (Å²) in [5, 5.41) is 0. The van der Waals surface area contributed by atoms with Crippen LogP contribution in [0.15, 0.2) is 146 Å². The largest absolute Gasteiger partial charge is 0.228 e. The summed E-state index contributed by atoms with van der Waals surface area (Å²) in [6.45, 7) is 0. The summed E-state index contributed by atoms with van der Waals surface area (Å²) < 4.78 is 78.7. The van der Waals surface area contributed by atoms with E-state index < -0.39 is 29.5 Å². The molecular formula is C42H36O6S3. The Labute approximate surface area is 300 Å². The highest BCUT2D eigenvalue weighted by Crippen LogP contribution is 2.27. The van der Waals surface area contributed by atoms with E-state index in [1.165, 1.54) is 0 Å². The third kappa shape index (κ3) is 8.92. The summed E-state index contributed by atoms with van der Waals surface area (Å²) in [5.41, 5.74) is 9.58. The SMILES string of the molecule is O=S1(=O)Cc2ccc(cc2)-c2ccc(cc2)CS(=O)(=O)Cc2ccc(cc2)-c2ccc(cc2)CS(=O)(=O)Cc2ccc(cc2)-c2ccc(cc2)C1. The zero-order chi connectivity index (χ0) is 35.6. The topological polar surface area (TPSA) is 102 Å². The van der Waals surface area contributed by atoms with Gasteiger partial charge < -0.3 is 0 Å². The van der Waals surface area contributed by atoms with E-state index in [0.717, 1.165) is 33.4 Å². The van der Waals surface area contributed by atoms with Crippen LogP contribution in [0, 0.1) is 0 Å². The first-order chi connectivity index (χ1) is 24.4. The maximum Gasteiger partial charge on any atom is 0.158 e. The van der Waals surface area contributed by atoms with E-state index in [1.54, 1.807) is 0 Å². The van der Waals surface area contributed by atoms with Crippen molar-refractivity contribution >= 4 is 29.5 Å². The summed E-state index contributed by atoms with van der Waals surface area (Å²) in [4.78, 5) is 0. The predicted octanol–water partition coefficient (Wildman–Crippen LogP) is 8.35. The van der Waals surface area contributed by atoms with Gasteiger partial charge in [0, 0.05) is 0 Å². The lowest BCUT2D eigenvalue weighted by Crippen LogP contribution is -2.08. The van der Waals surface area contributed by atoms with Crippen molar-refractivity contribution < 1.29 is 25.3 Å². The van der Waals surface area contributed by atoms with Gasteiger partial charge in [0.15, 0.2) is 29.5 Å². The molecule has 0 unspecified atom stereocenters. The van der Waals surface area contributed by atoms with Gasteiger partial charge in [0.25, 0.3) is 0 Å². The zero-order valence-electron chi connectivity index (χ0n) is 27.8. The maximum absolute atomic E-state index is 13.1. The van der Waals surface area contributed by atoms with E-state index in [2.05, 4.69) is 0 Å². The van der Waals surface area contributed by atoms with Crippen LogP contribution in [0.3, 0.4) is 0 Å². The zero-order valence-corrected chi connectivity index (χ0v) is 30.2. The molecule has 6 nitrogen and oxygen atoms in total. The summed E-state index contributed by atoms with van der Waals surface area (Å²) in [6, 6.07) is 44.4. The van der Waals surface area contributed by atoms with Crippen LogP contribution in [-0.2, 0) is 64.0 Å². The van der Waals surface area contributed by atoms with E-state index in [1.807, 2.05) is 146 Å². The van der Waals surface area contributed by atoms with Gasteiger partial charge in [-0.3, -0.25) is 0 Å². The van der Waals surface area contributed by atoms with E-state index in [-0.39, 0.29) is 34.5 Å². The first-order valence-corrected chi connectivity index (χ1v) is 22.0. The molecule has 10 aliphatic heterocycles. The molecule has 6 aromatic carbocycles. The molecule has 10 heterocycles. The van der Waals surface area contributed by atoms with Gasteiger partial charge in [-0.1, -0.05) is 146 Å². The number of hydrogen-bond acceptors (Lipinski definition) is 6. The lowest BCUT2D eigenvalue weighted by atomic mass is 10.0. The molecule has 51 heavy (non-hydrogen) atoms. The molecule has 6 aromatic rings. The molecule has 0 amide bonds. The summed E-state index contributed by atoms with van der Waals surface area (Å²) in [5.74, 6) is -0.558. The van der Waals surface area contributed by atoms with Crippen LogP contribution in [0.2, 0.25) is 0 Å². The highest BCUT2D eigenvalue weighted by atomic mass is 32.2. The molecule has 16 rings (SSSR count). The molecule has 0 saturated heterocycles. The fraction of sp³-hybridized carbons (Fsp3) is 0.143. The number of rotatable bonds is 0. The van der Waals surface area contributed by atoms with Crippen LogP contribution in [0.25, 0.3) is 33.4 Å². The maximum atomic E-state index is 13.1. The summed E-state index contributed by atoms with van der Waals surface area (Å²) >= 11 is 0. The minimum absolute atomic E-state index is 0.0931. The second-order valence-electron chi connectivity index (χ2n) is 13.3. The number of hydrogen-bond donors (Lipinski definition) is 0. The molecule has 0 radical (unpaired) electrons. The molecule has 0 N–H and O–H groups in total. The van der Waals surface area contributed by atoms with Crippen LogP contribution in [0.5, 0.6) is 0 Å². The molecule has 0 atom stereocenters. The van der Waals surface area contributed by atoms with E-state index >= 15 is 0 Å². The first-order valence-electron chi connectivity index (χ1n) is 16.5. The Morgan fingerprint density at radius 1 is 0.216 bits per heavy atom. The molecule has 9 heteroatoms. The normalized spacial score (nSPS) is 16.7. The molecule has 258 valence electrons. The Bertz CT molecular complexity index is 2040. The molecule has 0 spiro atoms. The van der Waals surface area contributed by atoms with Gasteiger partial charge in [0.1, 0.15) is 0 Å². The van der Waals surface area contributed by atoms with Crippen LogP contribution in [0.4, 0.5) is 0 Å². The van der Waals surface area contributed by atoms with Crippen LogP contribution < -0.4 is 0 Å². The highest BCUT2D eigenvalue weighted by molar-refractivity contribution is 7.90. The first kappa shape index (κ1) is 34.6. The Kier molecular flexibility index (Phi) is 9.54.